The van der Waals surface area contributed by atoms with Gasteiger partial charge in [0.15, 0.2) is 0 Å². The highest BCUT2D eigenvalue weighted by molar-refractivity contribution is 6.08. The fourth-order valence-corrected chi connectivity index (χ4v) is 3.52. The first-order chi connectivity index (χ1) is 9.33. The van der Waals surface area contributed by atoms with Crippen molar-refractivity contribution in [2.75, 3.05) is 0 Å². The highest BCUT2D eigenvalue weighted by Crippen LogP contribution is 2.33. The van der Waals surface area contributed by atoms with Crippen LogP contribution in [-0.2, 0) is 12.8 Å². The molecule has 0 aromatic heterocycles. The van der Waals surface area contributed by atoms with Crippen LogP contribution in [0.25, 0.3) is 21.5 Å². The molecule has 4 rings (SSSR count). The van der Waals surface area contributed by atoms with Crippen LogP contribution < -0.4 is 0 Å². The Labute approximate surface area is 114 Å². The predicted octanol–water partition coefficient (Wildman–Crippen LogP) is 5.18. The molecular weight excluding hydrogens is 228 g/mol. The Morgan fingerprint density at radius 3 is 2.47 bits per heavy atom. The second-order valence-electron chi connectivity index (χ2n) is 5.80. The van der Waals surface area contributed by atoms with Crippen LogP contribution in [0.2, 0.25) is 0 Å². The Morgan fingerprint density at radius 1 is 0.737 bits per heavy atom. The maximum atomic E-state index is 2.36. The van der Waals surface area contributed by atoms with E-state index in [1.54, 1.807) is 11.1 Å². The minimum absolute atomic E-state index is 1.25. The van der Waals surface area contributed by atoms with Gasteiger partial charge in [0.05, 0.1) is 0 Å². The van der Waals surface area contributed by atoms with Crippen molar-refractivity contribution in [3.05, 3.63) is 59.2 Å². The molecule has 0 unspecified atom stereocenters. The minimum atomic E-state index is 1.25. The summed E-state index contributed by atoms with van der Waals surface area (Å²) in [5, 5.41) is 5.67. The first-order valence-corrected chi connectivity index (χ1v) is 7.27. The average molecular weight is 246 g/mol. The number of rotatable bonds is 0. The molecule has 0 saturated heterocycles. The lowest BCUT2D eigenvalue weighted by atomic mass is 9.86. The predicted molar refractivity (Wildman–Crippen MR) is 82.8 cm³/mol. The van der Waals surface area contributed by atoms with Crippen molar-refractivity contribution in [3.63, 3.8) is 0 Å². The van der Waals surface area contributed by atoms with Crippen LogP contribution in [-0.4, -0.2) is 0 Å². The van der Waals surface area contributed by atoms with Crippen LogP contribution in [0.1, 0.15) is 29.5 Å². The molecule has 0 radical (unpaired) electrons. The number of hydrogen-bond acceptors (Lipinski definition) is 0. The van der Waals surface area contributed by atoms with E-state index in [1.165, 1.54) is 52.8 Å². The van der Waals surface area contributed by atoms with Gasteiger partial charge in [0, 0.05) is 0 Å². The first-order valence-electron chi connectivity index (χ1n) is 7.27. The number of fused-ring (bicyclic) bond motifs is 5. The van der Waals surface area contributed by atoms with Gasteiger partial charge in [-0.25, -0.2) is 0 Å². The minimum Gasteiger partial charge on any atom is -0.0587 e. The van der Waals surface area contributed by atoms with Crippen molar-refractivity contribution in [1.29, 1.82) is 0 Å². The molecule has 0 nitrogen and oxygen atoms in total. The Kier molecular flexibility index (Phi) is 2.38. The van der Waals surface area contributed by atoms with Crippen molar-refractivity contribution in [2.45, 2.75) is 32.6 Å². The fraction of sp³-hybridized carbons (Fsp3) is 0.263. The number of aryl methyl sites for hydroxylation is 3. The summed E-state index contributed by atoms with van der Waals surface area (Å²) in [5.41, 5.74) is 4.52. The van der Waals surface area contributed by atoms with Gasteiger partial charge >= 0.3 is 0 Å². The van der Waals surface area contributed by atoms with Crippen LogP contribution in [0.15, 0.2) is 42.5 Å². The molecule has 0 heterocycles. The van der Waals surface area contributed by atoms with Crippen LogP contribution in [0, 0.1) is 6.92 Å². The molecule has 1 aliphatic carbocycles. The highest BCUT2D eigenvalue weighted by atomic mass is 14.2. The monoisotopic (exact) mass is 246 g/mol. The summed E-state index contributed by atoms with van der Waals surface area (Å²) in [4.78, 5) is 0. The zero-order valence-electron chi connectivity index (χ0n) is 11.4. The third-order valence-electron chi connectivity index (χ3n) is 4.50. The van der Waals surface area contributed by atoms with Crippen molar-refractivity contribution in [1.82, 2.24) is 0 Å². The zero-order valence-corrected chi connectivity index (χ0v) is 11.4. The van der Waals surface area contributed by atoms with Crippen molar-refractivity contribution >= 4 is 21.5 Å². The maximum absolute atomic E-state index is 2.36. The topological polar surface area (TPSA) is 0 Å². The van der Waals surface area contributed by atoms with Gasteiger partial charge in [0.2, 0.25) is 0 Å². The third kappa shape index (κ3) is 1.67. The summed E-state index contributed by atoms with van der Waals surface area (Å²) in [7, 11) is 0. The van der Waals surface area contributed by atoms with E-state index in [-0.39, 0.29) is 0 Å². The first kappa shape index (κ1) is 11.0. The number of benzene rings is 3. The van der Waals surface area contributed by atoms with Gasteiger partial charge in [0.25, 0.3) is 0 Å². The second-order valence-corrected chi connectivity index (χ2v) is 5.80. The summed E-state index contributed by atoms with van der Waals surface area (Å²) in [6.45, 7) is 2.16. The molecule has 94 valence electrons. The Hall–Kier alpha value is -1.82. The lowest BCUT2D eigenvalue weighted by Crippen LogP contribution is -2.03. The van der Waals surface area contributed by atoms with E-state index >= 15 is 0 Å². The molecule has 0 N–H and O–H groups in total. The van der Waals surface area contributed by atoms with Gasteiger partial charge in [-0.05, 0) is 65.3 Å². The molecule has 0 spiro atoms. The van der Waals surface area contributed by atoms with Crippen molar-refractivity contribution in [3.8, 4) is 0 Å². The molecule has 0 saturated carbocycles. The molecule has 0 amide bonds. The van der Waals surface area contributed by atoms with E-state index in [0.717, 1.165) is 0 Å². The summed E-state index contributed by atoms with van der Waals surface area (Å²) in [6.07, 6.45) is 5.21. The number of hydrogen-bond donors (Lipinski definition) is 0. The standard InChI is InChI=1S/C19H18/c1-13-6-9-17-15(12-13)8-11-18-16-5-3-2-4-14(16)7-10-19(17)18/h6-12H,2-5H2,1H3. The van der Waals surface area contributed by atoms with Crippen LogP contribution >= 0.6 is 0 Å². The van der Waals surface area contributed by atoms with E-state index in [1.807, 2.05) is 0 Å². The van der Waals surface area contributed by atoms with Crippen LogP contribution in [0.5, 0.6) is 0 Å². The molecule has 1 aliphatic rings. The quantitative estimate of drug-likeness (QED) is 0.479. The highest BCUT2D eigenvalue weighted by Gasteiger charge is 2.13. The van der Waals surface area contributed by atoms with E-state index < -0.39 is 0 Å². The molecule has 0 bridgehead atoms. The molecular formula is C19H18. The van der Waals surface area contributed by atoms with E-state index in [0.29, 0.717) is 0 Å². The molecule has 0 atom stereocenters. The van der Waals surface area contributed by atoms with Gasteiger partial charge in [0.1, 0.15) is 0 Å². The van der Waals surface area contributed by atoms with Crippen LogP contribution in [0.3, 0.4) is 0 Å². The van der Waals surface area contributed by atoms with Crippen molar-refractivity contribution < 1.29 is 0 Å². The summed E-state index contributed by atoms with van der Waals surface area (Å²) in [5.74, 6) is 0. The largest absolute Gasteiger partial charge is 0.0587 e. The maximum Gasteiger partial charge on any atom is -0.0102 e. The lowest BCUT2D eigenvalue weighted by Gasteiger charge is -2.18. The summed E-state index contributed by atoms with van der Waals surface area (Å²) in [6, 6.07) is 16.1. The van der Waals surface area contributed by atoms with Gasteiger partial charge < -0.3 is 0 Å². The van der Waals surface area contributed by atoms with E-state index in [4.69, 9.17) is 0 Å². The van der Waals surface area contributed by atoms with E-state index in [9.17, 15) is 0 Å². The fourth-order valence-electron chi connectivity index (χ4n) is 3.52. The molecule has 0 aliphatic heterocycles. The molecule has 19 heavy (non-hydrogen) atoms. The van der Waals surface area contributed by atoms with E-state index in [2.05, 4.69) is 49.4 Å². The van der Waals surface area contributed by atoms with Gasteiger partial charge in [-0.15, -0.1) is 0 Å². The molecule has 3 aromatic carbocycles. The summed E-state index contributed by atoms with van der Waals surface area (Å²) < 4.78 is 0. The molecule has 0 heteroatoms. The molecule has 0 fully saturated rings. The third-order valence-corrected chi connectivity index (χ3v) is 4.50. The Balaban J connectivity index is 2.12. The Bertz CT molecular complexity index is 781. The smallest absolute Gasteiger partial charge is 0.0102 e. The SMILES string of the molecule is Cc1ccc2c(ccc3c4c(ccc32)CCCC4)c1. The Morgan fingerprint density at radius 2 is 1.53 bits per heavy atom. The zero-order chi connectivity index (χ0) is 12.8. The van der Waals surface area contributed by atoms with Crippen LogP contribution in [0.4, 0.5) is 0 Å². The molecule has 3 aromatic rings. The van der Waals surface area contributed by atoms with Gasteiger partial charge in [-0.2, -0.15) is 0 Å². The summed E-state index contributed by atoms with van der Waals surface area (Å²) >= 11 is 0. The van der Waals surface area contributed by atoms with Crippen molar-refractivity contribution in [2.24, 2.45) is 0 Å². The van der Waals surface area contributed by atoms with Gasteiger partial charge in [-0.3, -0.25) is 0 Å². The lowest BCUT2D eigenvalue weighted by molar-refractivity contribution is 0.690. The average Bonchev–Trinajstić information content (AvgIpc) is 2.46. The normalized spacial score (nSPS) is 14.8. The second kappa shape index (κ2) is 4.09. The van der Waals surface area contributed by atoms with Gasteiger partial charge in [-0.1, -0.05) is 48.0 Å².